The number of aromatic nitrogens is 4. The van der Waals surface area contributed by atoms with E-state index in [1.807, 2.05) is 36.7 Å². The molecule has 1 aliphatic rings. The predicted octanol–water partition coefficient (Wildman–Crippen LogP) is 6.86. The summed E-state index contributed by atoms with van der Waals surface area (Å²) >= 11 is 0. The Bertz CT molecular complexity index is 1730. The van der Waals surface area contributed by atoms with Gasteiger partial charge in [0.15, 0.2) is 0 Å². The van der Waals surface area contributed by atoms with Gasteiger partial charge in [0.25, 0.3) is 11.6 Å². The number of hydrogen-bond donors (Lipinski definition) is 0. The number of fused-ring (bicyclic) bond motifs is 5. The maximum Gasteiger partial charge on any atom is 0.308 e. The largest absolute Gasteiger partial charge is 0.308 e. The van der Waals surface area contributed by atoms with Gasteiger partial charge in [0.1, 0.15) is 0 Å². The first-order chi connectivity index (χ1) is 18.3. The van der Waals surface area contributed by atoms with Crippen LogP contribution in [0.1, 0.15) is 5.56 Å². The summed E-state index contributed by atoms with van der Waals surface area (Å²) < 4.78 is 2.26. The lowest BCUT2D eigenvalue weighted by atomic mass is 9.93. The normalized spacial score (nSPS) is 11.7. The third kappa shape index (κ3) is 3.80. The van der Waals surface area contributed by atoms with Gasteiger partial charge in [-0.2, -0.15) is 0 Å². The molecule has 0 bridgehead atoms. The minimum atomic E-state index is 0.676. The number of benzene rings is 4. The topological polar surface area (TPSA) is 42.5 Å². The van der Waals surface area contributed by atoms with Gasteiger partial charge in [-0.25, -0.2) is 4.57 Å². The van der Waals surface area contributed by atoms with Crippen LogP contribution in [0.3, 0.4) is 0 Å². The molecular formula is C33H23N4+. The van der Waals surface area contributed by atoms with Gasteiger partial charge >= 0.3 is 5.82 Å². The SMILES string of the molecule is c1ccc(-c2nc(-c3ccccc3)[n+]3c(n2)-c2ccccc2-c2cc(-c4ccncc4)ccc2C3)cc1. The summed E-state index contributed by atoms with van der Waals surface area (Å²) in [5.41, 5.74) is 9.13. The lowest BCUT2D eigenvalue weighted by Gasteiger charge is -2.11. The highest BCUT2D eigenvalue weighted by molar-refractivity contribution is 5.85. The van der Waals surface area contributed by atoms with E-state index in [1.165, 1.54) is 22.3 Å². The molecule has 4 heteroatoms. The van der Waals surface area contributed by atoms with Crippen molar-refractivity contribution in [3.63, 3.8) is 0 Å². The molecule has 4 nitrogen and oxygen atoms in total. The van der Waals surface area contributed by atoms with E-state index < -0.39 is 0 Å². The van der Waals surface area contributed by atoms with Gasteiger partial charge in [-0.15, -0.1) is 0 Å². The van der Waals surface area contributed by atoms with Crippen LogP contribution in [-0.4, -0.2) is 15.0 Å². The van der Waals surface area contributed by atoms with E-state index in [0.29, 0.717) is 6.54 Å². The molecule has 37 heavy (non-hydrogen) atoms. The molecule has 0 saturated heterocycles. The fourth-order valence-corrected chi connectivity index (χ4v) is 5.10. The zero-order chi connectivity index (χ0) is 24.6. The van der Waals surface area contributed by atoms with E-state index in [9.17, 15) is 0 Å². The van der Waals surface area contributed by atoms with Crippen LogP contribution in [0.2, 0.25) is 0 Å². The molecule has 0 spiro atoms. The molecule has 0 saturated carbocycles. The minimum Gasteiger partial charge on any atom is -0.265 e. The lowest BCUT2D eigenvalue weighted by molar-refractivity contribution is -0.671. The average Bonchev–Trinajstić information content (AvgIpc) is 3.12. The standard InChI is InChI=1S/C33H23N4/c1-3-9-24(10-4-1)31-35-32(25-11-5-2-6-12-25)37-22-27-16-15-26(23-17-19-34-20-18-23)21-30(27)28-13-7-8-14-29(28)33(37)36-31/h1-21H,22H2/q+1. The van der Waals surface area contributed by atoms with Crippen LogP contribution in [0.15, 0.2) is 128 Å². The summed E-state index contributed by atoms with van der Waals surface area (Å²) in [5, 5.41) is 0. The lowest BCUT2D eigenvalue weighted by Crippen LogP contribution is -2.41. The fourth-order valence-electron chi connectivity index (χ4n) is 5.10. The van der Waals surface area contributed by atoms with Crippen LogP contribution in [0.25, 0.3) is 56.4 Å². The second-order valence-corrected chi connectivity index (χ2v) is 9.17. The maximum atomic E-state index is 5.18. The first kappa shape index (κ1) is 21.3. The van der Waals surface area contributed by atoms with E-state index in [2.05, 4.69) is 101 Å². The second kappa shape index (κ2) is 8.92. The summed E-state index contributed by atoms with van der Waals surface area (Å²) in [6, 6.07) is 40.0. The van der Waals surface area contributed by atoms with Crippen molar-refractivity contribution in [1.29, 1.82) is 0 Å². The molecule has 0 atom stereocenters. The van der Waals surface area contributed by atoms with E-state index in [0.717, 1.165) is 39.7 Å². The van der Waals surface area contributed by atoms with E-state index in [-0.39, 0.29) is 0 Å². The third-order valence-electron chi connectivity index (χ3n) is 6.91. The van der Waals surface area contributed by atoms with Gasteiger partial charge in [0, 0.05) is 12.4 Å². The van der Waals surface area contributed by atoms with E-state index in [1.54, 1.807) is 0 Å². The molecule has 0 aliphatic carbocycles. The fraction of sp³-hybridized carbons (Fsp3) is 0.0303. The summed E-state index contributed by atoms with van der Waals surface area (Å²) in [5.74, 6) is 2.55. The molecule has 0 fully saturated rings. The summed E-state index contributed by atoms with van der Waals surface area (Å²) in [7, 11) is 0. The predicted molar refractivity (Wildman–Crippen MR) is 146 cm³/mol. The van der Waals surface area contributed by atoms with E-state index in [4.69, 9.17) is 9.97 Å². The number of nitrogens with zero attached hydrogens (tertiary/aromatic N) is 4. The third-order valence-corrected chi connectivity index (χ3v) is 6.91. The van der Waals surface area contributed by atoms with Crippen LogP contribution in [0.5, 0.6) is 0 Å². The van der Waals surface area contributed by atoms with Crippen molar-refractivity contribution in [1.82, 2.24) is 15.0 Å². The molecule has 174 valence electrons. The number of rotatable bonds is 3. The smallest absolute Gasteiger partial charge is 0.265 e. The Hall–Kier alpha value is -4.96. The molecule has 0 N–H and O–H groups in total. The molecule has 0 unspecified atom stereocenters. The van der Waals surface area contributed by atoms with E-state index >= 15 is 0 Å². The second-order valence-electron chi connectivity index (χ2n) is 9.17. The van der Waals surface area contributed by atoms with Crippen molar-refractivity contribution in [3.8, 4) is 56.4 Å². The molecule has 1 aliphatic heterocycles. The molecule has 6 aromatic rings. The molecule has 2 aromatic heterocycles. The molecule has 3 heterocycles. The monoisotopic (exact) mass is 475 g/mol. The first-order valence-corrected chi connectivity index (χ1v) is 12.4. The van der Waals surface area contributed by atoms with Crippen LogP contribution in [0, 0.1) is 0 Å². The van der Waals surface area contributed by atoms with Gasteiger partial charge in [0.05, 0.1) is 23.2 Å². The Morgan fingerprint density at radius 1 is 0.486 bits per heavy atom. The summed E-state index contributed by atoms with van der Waals surface area (Å²) in [4.78, 5) is 14.5. The number of pyridine rings is 1. The highest BCUT2D eigenvalue weighted by atomic mass is 15.2. The molecule has 7 rings (SSSR count). The van der Waals surface area contributed by atoms with Gasteiger partial charge in [0.2, 0.25) is 0 Å². The van der Waals surface area contributed by atoms with Crippen molar-refractivity contribution in [2.45, 2.75) is 6.54 Å². The van der Waals surface area contributed by atoms with Gasteiger partial charge in [-0.3, -0.25) is 4.98 Å². The van der Waals surface area contributed by atoms with Gasteiger partial charge in [-0.1, -0.05) is 76.7 Å². The highest BCUT2D eigenvalue weighted by Gasteiger charge is 2.30. The van der Waals surface area contributed by atoms with Crippen molar-refractivity contribution < 1.29 is 4.57 Å². The maximum absolute atomic E-state index is 5.18. The quantitative estimate of drug-likeness (QED) is 0.262. The van der Waals surface area contributed by atoms with Crippen LogP contribution >= 0.6 is 0 Å². The minimum absolute atomic E-state index is 0.676. The van der Waals surface area contributed by atoms with Crippen LogP contribution < -0.4 is 4.57 Å². The van der Waals surface area contributed by atoms with Crippen molar-refractivity contribution >= 4 is 0 Å². The van der Waals surface area contributed by atoms with Crippen LogP contribution in [-0.2, 0) is 6.54 Å². The summed E-state index contributed by atoms with van der Waals surface area (Å²) in [6.07, 6.45) is 3.68. The van der Waals surface area contributed by atoms with Crippen molar-refractivity contribution in [2.24, 2.45) is 0 Å². The molecule has 0 radical (unpaired) electrons. The van der Waals surface area contributed by atoms with Gasteiger partial charge in [-0.05, 0) is 76.3 Å². The zero-order valence-electron chi connectivity index (χ0n) is 20.1. The Kier molecular flexibility index (Phi) is 5.14. The zero-order valence-corrected chi connectivity index (χ0v) is 20.1. The first-order valence-electron chi connectivity index (χ1n) is 12.4. The number of hydrogen-bond acceptors (Lipinski definition) is 3. The average molecular weight is 476 g/mol. The highest BCUT2D eigenvalue weighted by Crippen LogP contribution is 2.38. The Morgan fingerprint density at radius 3 is 1.89 bits per heavy atom. The van der Waals surface area contributed by atoms with Crippen molar-refractivity contribution in [2.75, 3.05) is 0 Å². The van der Waals surface area contributed by atoms with Gasteiger partial charge < -0.3 is 0 Å². The van der Waals surface area contributed by atoms with Crippen molar-refractivity contribution in [3.05, 3.63) is 133 Å². The Balaban J connectivity index is 1.52. The Morgan fingerprint density at radius 2 is 1.14 bits per heavy atom. The molecule has 0 amide bonds. The Labute approximate surface area is 215 Å². The van der Waals surface area contributed by atoms with Crippen LogP contribution in [0.4, 0.5) is 0 Å². The summed E-state index contributed by atoms with van der Waals surface area (Å²) in [6.45, 7) is 0.676. The molecular weight excluding hydrogens is 452 g/mol. The molecule has 4 aromatic carbocycles.